The Morgan fingerprint density at radius 2 is 2.16 bits per heavy atom. The van der Waals surface area contributed by atoms with Gasteiger partial charge in [-0.1, -0.05) is 23.9 Å². The summed E-state index contributed by atoms with van der Waals surface area (Å²) in [4.78, 5) is 39.4. The highest BCUT2D eigenvalue weighted by atomic mass is 35.5. The number of benzene rings is 1. The van der Waals surface area contributed by atoms with Crippen molar-refractivity contribution in [2.24, 2.45) is 0 Å². The number of imide groups is 1. The van der Waals surface area contributed by atoms with E-state index in [1.54, 1.807) is 12.1 Å². The number of rotatable bonds is 5. The van der Waals surface area contributed by atoms with Crippen molar-refractivity contribution in [2.45, 2.75) is 25.4 Å². The van der Waals surface area contributed by atoms with Crippen LogP contribution in [0.4, 0.5) is 4.79 Å². The molecular weight excluding hydrogens is 362 g/mol. The molecule has 1 N–H and O–H groups in total. The molecule has 1 unspecified atom stereocenters. The molecule has 1 aromatic rings. The van der Waals surface area contributed by atoms with Gasteiger partial charge in [0.15, 0.2) is 0 Å². The summed E-state index contributed by atoms with van der Waals surface area (Å²) in [6.45, 7) is 1.79. The lowest BCUT2D eigenvalue weighted by atomic mass is 10.1. The molecule has 2 aliphatic heterocycles. The molecule has 0 aromatic heterocycles. The SMILES string of the molecule is CNCC1CCCN1C(=O)c1cccc(CN2C(=O)CSC2=O)c1.Cl. The van der Waals surface area contributed by atoms with Gasteiger partial charge in [-0.15, -0.1) is 12.4 Å². The van der Waals surface area contributed by atoms with E-state index in [-0.39, 0.29) is 47.8 Å². The van der Waals surface area contributed by atoms with Crippen LogP contribution in [0.5, 0.6) is 0 Å². The number of halogens is 1. The molecular formula is C17H22ClN3O3S. The maximum atomic E-state index is 12.8. The number of nitrogens with zero attached hydrogens (tertiary/aromatic N) is 2. The number of carbonyl (C=O) groups is 3. The van der Waals surface area contributed by atoms with E-state index in [0.717, 1.165) is 43.3 Å². The van der Waals surface area contributed by atoms with E-state index < -0.39 is 0 Å². The van der Waals surface area contributed by atoms with Crippen LogP contribution in [0.2, 0.25) is 0 Å². The maximum Gasteiger partial charge on any atom is 0.289 e. The van der Waals surface area contributed by atoms with Crippen molar-refractivity contribution in [3.8, 4) is 0 Å². The van der Waals surface area contributed by atoms with Crippen LogP contribution in [0.3, 0.4) is 0 Å². The molecule has 25 heavy (non-hydrogen) atoms. The fraction of sp³-hybridized carbons (Fsp3) is 0.471. The largest absolute Gasteiger partial charge is 0.334 e. The highest BCUT2D eigenvalue weighted by Crippen LogP contribution is 2.23. The lowest BCUT2D eigenvalue weighted by molar-refractivity contribution is -0.125. The topological polar surface area (TPSA) is 69.7 Å². The molecule has 2 saturated heterocycles. The highest BCUT2D eigenvalue weighted by Gasteiger charge is 2.31. The zero-order valence-electron chi connectivity index (χ0n) is 14.1. The van der Waals surface area contributed by atoms with E-state index in [1.807, 2.05) is 24.1 Å². The molecule has 0 radical (unpaired) electrons. The van der Waals surface area contributed by atoms with Gasteiger partial charge in [0.1, 0.15) is 0 Å². The Morgan fingerprint density at radius 1 is 1.36 bits per heavy atom. The lowest BCUT2D eigenvalue weighted by Gasteiger charge is -2.25. The standard InChI is InChI=1S/C17H21N3O3S.ClH/c1-18-9-14-6-3-7-19(14)16(22)13-5-2-4-12(8-13)10-20-15(21)11-24-17(20)23;/h2,4-5,8,14,18H,3,6-7,9-11H2,1H3;1H. The van der Waals surface area contributed by atoms with E-state index in [2.05, 4.69) is 5.32 Å². The van der Waals surface area contributed by atoms with Gasteiger partial charge in [0.25, 0.3) is 11.1 Å². The third-order valence-corrected chi connectivity index (χ3v) is 5.29. The Labute approximate surface area is 157 Å². The first kappa shape index (κ1) is 19.8. The third kappa shape index (κ3) is 4.34. The first-order valence-corrected chi connectivity index (χ1v) is 9.10. The zero-order chi connectivity index (χ0) is 17.1. The normalized spacial score (nSPS) is 20.1. The summed E-state index contributed by atoms with van der Waals surface area (Å²) in [6, 6.07) is 7.47. The summed E-state index contributed by atoms with van der Waals surface area (Å²) >= 11 is 1.02. The van der Waals surface area contributed by atoms with Crippen molar-refractivity contribution in [2.75, 3.05) is 25.9 Å². The summed E-state index contributed by atoms with van der Waals surface area (Å²) in [5.74, 6) is 0.0510. The van der Waals surface area contributed by atoms with Crippen LogP contribution in [-0.2, 0) is 11.3 Å². The van der Waals surface area contributed by atoms with Crippen LogP contribution >= 0.6 is 24.2 Å². The average molecular weight is 384 g/mol. The van der Waals surface area contributed by atoms with Crippen LogP contribution < -0.4 is 5.32 Å². The number of likely N-dealkylation sites (tertiary alicyclic amines) is 1. The summed E-state index contributed by atoms with van der Waals surface area (Å²) in [7, 11) is 1.89. The van der Waals surface area contributed by atoms with Gasteiger partial charge < -0.3 is 10.2 Å². The minimum absolute atomic E-state index is 0. The molecule has 3 amide bonds. The quantitative estimate of drug-likeness (QED) is 0.843. The van der Waals surface area contributed by atoms with E-state index in [0.29, 0.717) is 5.56 Å². The third-order valence-electron chi connectivity index (χ3n) is 4.43. The fourth-order valence-electron chi connectivity index (χ4n) is 3.24. The molecule has 0 bridgehead atoms. The highest BCUT2D eigenvalue weighted by molar-refractivity contribution is 8.14. The second kappa shape index (κ2) is 8.69. The van der Waals surface area contributed by atoms with Crippen LogP contribution in [-0.4, -0.2) is 58.8 Å². The molecule has 6 nitrogen and oxygen atoms in total. The van der Waals surface area contributed by atoms with Crippen LogP contribution in [0, 0.1) is 0 Å². The van der Waals surface area contributed by atoms with E-state index in [1.165, 1.54) is 4.90 Å². The van der Waals surface area contributed by atoms with Crippen molar-refractivity contribution in [3.63, 3.8) is 0 Å². The van der Waals surface area contributed by atoms with Crippen LogP contribution in [0.1, 0.15) is 28.8 Å². The first-order chi connectivity index (χ1) is 11.6. The number of hydrogen-bond donors (Lipinski definition) is 1. The maximum absolute atomic E-state index is 12.8. The number of likely N-dealkylation sites (N-methyl/N-ethyl adjacent to an activating group) is 1. The molecule has 1 atom stereocenters. The van der Waals surface area contributed by atoms with Gasteiger partial charge in [-0.3, -0.25) is 19.3 Å². The van der Waals surface area contributed by atoms with Crippen molar-refractivity contribution >= 4 is 41.2 Å². The second-order valence-electron chi connectivity index (χ2n) is 6.09. The fourth-order valence-corrected chi connectivity index (χ4v) is 3.96. The van der Waals surface area contributed by atoms with Gasteiger partial charge in [0.2, 0.25) is 5.91 Å². The Morgan fingerprint density at radius 3 is 2.84 bits per heavy atom. The number of carbonyl (C=O) groups excluding carboxylic acids is 3. The van der Waals surface area contributed by atoms with Crippen molar-refractivity contribution in [3.05, 3.63) is 35.4 Å². The molecule has 2 fully saturated rings. The van der Waals surface area contributed by atoms with Crippen molar-refractivity contribution in [1.29, 1.82) is 0 Å². The number of amides is 3. The second-order valence-corrected chi connectivity index (χ2v) is 7.01. The van der Waals surface area contributed by atoms with E-state index in [4.69, 9.17) is 0 Å². The van der Waals surface area contributed by atoms with E-state index >= 15 is 0 Å². The Balaban J connectivity index is 0.00000225. The minimum atomic E-state index is -0.217. The van der Waals surface area contributed by atoms with Crippen LogP contribution in [0.15, 0.2) is 24.3 Å². The number of nitrogens with one attached hydrogen (secondary N) is 1. The molecule has 3 rings (SSSR count). The van der Waals surface area contributed by atoms with Gasteiger partial charge in [-0.25, -0.2) is 0 Å². The molecule has 136 valence electrons. The van der Waals surface area contributed by atoms with Gasteiger partial charge in [-0.2, -0.15) is 0 Å². The van der Waals surface area contributed by atoms with Gasteiger partial charge in [-0.05, 0) is 37.6 Å². The van der Waals surface area contributed by atoms with Gasteiger partial charge in [0.05, 0.1) is 12.3 Å². The molecule has 0 aliphatic carbocycles. The average Bonchev–Trinajstić information content (AvgIpc) is 3.17. The van der Waals surface area contributed by atoms with Crippen LogP contribution in [0.25, 0.3) is 0 Å². The lowest BCUT2D eigenvalue weighted by Crippen LogP contribution is -2.40. The molecule has 1 aromatic carbocycles. The van der Waals surface area contributed by atoms with Gasteiger partial charge >= 0.3 is 0 Å². The molecule has 2 heterocycles. The summed E-state index contributed by atoms with van der Waals surface area (Å²) in [5, 5.41) is 2.92. The van der Waals surface area contributed by atoms with Gasteiger partial charge in [0, 0.05) is 24.7 Å². The van der Waals surface area contributed by atoms with E-state index in [9.17, 15) is 14.4 Å². The Hall–Kier alpha value is -1.57. The number of thioether (sulfide) groups is 1. The summed E-state index contributed by atoms with van der Waals surface area (Å²) in [6.07, 6.45) is 2.03. The monoisotopic (exact) mass is 383 g/mol. The molecule has 8 heteroatoms. The Bertz CT molecular complexity index is 654. The Kier molecular flexibility index (Phi) is 6.87. The molecule has 0 spiro atoms. The molecule has 0 saturated carbocycles. The zero-order valence-corrected chi connectivity index (χ0v) is 15.7. The van der Waals surface area contributed by atoms with Crippen molar-refractivity contribution < 1.29 is 14.4 Å². The molecule has 2 aliphatic rings. The summed E-state index contributed by atoms with van der Waals surface area (Å²) in [5.41, 5.74) is 1.41. The first-order valence-electron chi connectivity index (χ1n) is 8.12. The predicted molar refractivity (Wildman–Crippen MR) is 100 cm³/mol. The summed E-state index contributed by atoms with van der Waals surface area (Å²) < 4.78 is 0. The minimum Gasteiger partial charge on any atom is -0.334 e. The predicted octanol–water partition coefficient (Wildman–Crippen LogP) is 2.13. The van der Waals surface area contributed by atoms with Crippen molar-refractivity contribution in [1.82, 2.24) is 15.1 Å². The smallest absolute Gasteiger partial charge is 0.289 e. The number of hydrogen-bond acceptors (Lipinski definition) is 5.